The van der Waals surface area contributed by atoms with E-state index in [-0.39, 0.29) is 25.2 Å². The van der Waals surface area contributed by atoms with Gasteiger partial charge in [-0.2, -0.15) is 0 Å². The molecule has 1 saturated carbocycles. The molecule has 0 aromatic heterocycles. The summed E-state index contributed by atoms with van der Waals surface area (Å²) in [6.07, 6.45) is 0.158. The number of hydrogen-bond donors (Lipinski definition) is 1. The number of Topliss-reactive ketones (excluding diaryl/α,β-unsaturated/α-hetero) is 1. The molecule has 1 N–H and O–H groups in total. The molecular formula is C22H24O5. The van der Waals surface area contributed by atoms with Gasteiger partial charge < -0.3 is 14.6 Å². The fraction of sp³-hybridized carbons (Fsp3) is 0.364. The molecule has 1 aliphatic rings. The van der Waals surface area contributed by atoms with Crippen LogP contribution in [0.5, 0.6) is 5.75 Å². The van der Waals surface area contributed by atoms with Crippen LogP contribution in [-0.4, -0.2) is 30.6 Å². The van der Waals surface area contributed by atoms with Crippen LogP contribution in [0.2, 0.25) is 0 Å². The second-order valence-corrected chi connectivity index (χ2v) is 6.85. The van der Waals surface area contributed by atoms with Crippen molar-refractivity contribution in [3.05, 3.63) is 65.7 Å². The van der Waals surface area contributed by atoms with Crippen LogP contribution in [0.15, 0.2) is 54.6 Å². The number of rotatable bonds is 5. The van der Waals surface area contributed by atoms with Gasteiger partial charge in [0, 0.05) is 12.3 Å². The minimum Gasteiger partial charge on any atom is -0.497 e. The van der Waals surface area contributed by atoms with E-state index in [1.165, 1.54) is 0 Å². The van der Waals surface area contributed by atoms with Crippen molar-refractivity contribution < 1.29 is 24.2 Å². The van der Waals surface area contributed by atoms with E-state index in [4.69, 9.17) is 9.47 Å². The van der Waals surface area contributed by atoms with Crippen LogP contribution in [0, 0.1) is 5.92 Å². The van der Waals surface area contributed by atoms with E-state index < -0.39 is 23.4 Å². The number of carbonyl (C=O) groups excluding carboxylic acids is 2. The van der Waals surface area contributed by atoms with Crippen LogP contribution in [0.3, 0.4) is 0 Å². The number of aliphatic hydroxyl groups is 1. The summed E-state index contributed by atoms with van der Waals surface area (Å²) in [6.45, 7) is 1.93. The third-order valence-electron chi connectivity index (χ3n) is 5.17. The summed E-state index contributed by atoms with van der Waals surface area (Å²) >= 11 is 0. The van der Waals surface area contributed by atoms with Gasteiger partial charge in [0.25, 0.3) is 0 Å². The zero-order chi connectivity index (χ0) is 19.4. The standard InChI is InChI=1S/C22H24O5/c1-3-27-21(24)20-18(15-9-11-17(26-2)12-10-15)13-22(25,14-19(20)23)16-7-5-4-6-8-16/h4-12,18,20,25H,3,13-14H2,1-2H3/t18-,20+,22-/m1/s1. The second-order valence-electron chi connectivity index (χ2n) is 6.85. The van der Waals surface area contributed by atoms with E-state index in [1.807, 2.05) is 42.5 Å². The molecule has 0 spiro atoms. The molecule has 0 radical (unpaired) electrons. The summed E-state index contributed by atoms with van der Waals surface area (Å²) in [7, 11) is 1.58. The van der Waals surface area contributed by atoms with Crippen LogP contribution < -0.4 is 4.74 Å². The SMILES string of the molecule is CCOC(=O)[C@@H]1C(=O)C[C@@](O)(c2ccccc2)C[C@@H]1c1ccc(OC)cc1. The molecule has 2 aromatic carbocycles. The van der Waals surface area contributed by atoms with Gasteiger partial charge in [-0.05, 0) is 36.6 Å². The molecule has 5 nitrogen and oxygen atoms in total. The lowest BCUT2D eigenvalue weighted by molar-refractivity contribution is -0.158. The van der Waals surface area contributed by atoms with E-state index in [1.54, 1.807) is 26.2 Å². The molecule has 142 valence electrons. The third-order valence-corrected chi connectivity index (χ3v) is 5.17. The molecule has 1 fully saturated rings. The lowest BCUT2D eigenvalue weighted by Gasteiger charge is -2.40. The number of benzene rings is 2. The largest absolute Gasteiger partial charge is 0.497 e. The van der Waals surface area contributed by atoms with Gasteiger partial charge >= 0.3 is 5.97 Å². The van der Waals surface area contributed by atoms with Gasteiger partial charge in [0.2, 0.25) is 0 Å². The summed E-state index contributed by atoms with van der Waals surface area (Å²) < 4.78 is 10.3. The van der Waals surface area contributed by atoms with Gasteiger partial charge in [0.15, 0.2) is 5.78 Å². The highest BCUT2D eigenvalue weighted by molar-refractivity contribution is 6.01. The van der Waals surface area contributed by atoms with E-state index in [9.17, 15) is 14.7 Å². The number of methoxy groups -OCH3 is 1. The van der Waals surface area contributed by atoms with E-state index in [0.29, 0.717) is 11.3 Å². The molecule has 27 heavy (non-hydrogen) atoms. The van der Waals surface area contributed by atoms with Crippen molar-refractivity contribution in [2.24, 2.45) is 5.92 Å². The molecule has 0 heterocycles. The summed E-state index contributed by atoms with van der Waals surface area (Å²) in [5, 5.41) is 11.3. The Kier molecular flexibility index (Phi) is 5.61. The Bertz CT molecular complexity index is 799. The Morgan fingerprint density at radius 3 is 2.41 bits per heavy atom. The van der Waals surface area contributed by atoms with Gasteiger partial charge in [-0.15, -0.1) is 0 Å². The Morgan fingerprint density at radius 1 is 1.15 bits per heavy atom. The van der Waals surface area contributed by atoms with Gasteiger partial charge in [0.05, 0.1) is 19.3 Å². The normalized spacial score (nSPS) is 25.1. The molecule has 2 aromatic rings. The van der Waals surface area contributed by atoms with Gasteiger partial charge in [-0.1, -0.05) is 42.5 Å². The highest BCUT2D eigenvalue weighted by Crippen LogP contribution is 2.46. The van der Waals surface area contributed by atoms with Crippen molar-refractivity contribution >= 4 is 11.8 Å². The minimum absolute atomic E-state index is 0.104. The lowest BCUT2D eigenvalue weighted by Crippen LogP contribution is -2.45. The van der Waals surface area contributed by atoms with Gasteiger partial charge in [0.1, 0.15) is 11.7 Å². The zero-order valence-corrected chi connectivity index (χ0v) is 15.6. The highest BCUT2D eigenvalue weighted by Gasteiger charge is 2.49. The fourth-order valence-electron chi connectivity index (χ4n) is 3.83. The van der Waals surface area contributed by atoms with Crippen LogP contribution in [0.1, 0.15) is 36.8 Å². The molecule has 0 amide bonds. The van der Waals surface area contributed by atoms with E-state index in [0.717, 1.165) is 5.56 Å². The van der Waals surface area contributed by atoms with Crippen molar-refractivity contribution in [1.82, 2.24) is 0 Å². The van der Waals surface area contributed by atoms with E-state index in [2.05, 4.69) is 0 Å². The minimum atomic E-state index is -1.31. The number of carbonyl (C=O) groups is 2. The summed E-state index contributed by atoms with van der Waals surface area (Å²) in [4.78, 5) is 25.4. The molecule has 0 unspecified atom stereocenters. The molecule has 5 heteroatoms. The van der Waals surface area contributed by atoms with Crippen molar-refractivity contribution in [1.29, 1.82) is 0 Å². The van der Waals surface area contributed by atoms with Gasteiger partial charge in [-0.25, -0.2) is 0 Å². The molecule has 3 rings (SSSR count). The molecule has 0 aliphatic heterocycles. The summed E-state index contributed by atoms with van der Waals surface area (Å²) in [5.74, 6) is -1.53. The predicted octanol–water partition coefficient (Wildman–Crippen LogP) is 3.21. The maximum Gasteiger partial charge on any atom is 0.317 e. The highest BCUT2D eigenvalue weighted by atomic mass is 16.5. The Balaban J connectivity index is 2.01. The molecular weight excluding hydrogens is 344 g/mol. The van der Waals surface area contributed by atoms with Crippen LogP contribution in [-0.2, 0) is 19.9 Å². The maximum absolute atomic E-state index is 12.9. The number of ketones is 1. The summed E-state index contributed by atoms with van der Waals surface area (Å²) in [5.41, 5.74) is 0.168. The topological polar surface area (TPSA) is 72.8 Å². The predicted molar refractivity (Wildman–Crippen MR) is 100 cm³/mol. The lowest BCUT2D eigenvalue weighted by atomic mass is 9.66. The zero-order valence-electron chi connectivity index (χ0n) is 15.6. The molecule has 0 bridgehead atoms. The van der Waals surface area contributed by atoms with Crippen molar-refractivity contribution in [3.63, 3.8) is 0 Å². The smallest absolute Gasteiger partial charge is 0.317 e. The Hall–Kier alpha value is -2.66. The quantitative estimate of drug-likeness (QED) is 0.648. The number of ether oxygens (including phenoxy) is 2. The molecule has 1 aliphatic carbocycles. The first-order valence-corrected chi connectivity index (χ1v) is 9.09. The van der Waals surface area contributed by atoms with Crippen LogP contribution in [0.25, 0.3) is 0 Å². The van der Waals surface area contributed by atoms with Crippen molar-refractivity contribution in [2.75, 3.05) is 13.7 Å². The monoisotopic (exact) mass is 368 g/mol. The Labute approximate surface area is 158 Å². The number of esters is 1. The first-order chi connectivity index (χ1) is 13.0. The average Bonchev–Trinajstić information content (AvgIpc) is 2.68. The van der Waals surface area contributed by atoms with Crippen molar-refractivity contribution in [2.45, 2.75) is 31.3 Å². The van der Waals surface area contributed by atoms with Crippen LogP contribution in [0.4, 0.5) is 0 Å². The third kappa shape index (κ3) is 3.88. The second kappa shape index (κ2) is 7.92. The molecule has 0 saturated heterocycles. The van der Waals surface area contributed by atoms with E-state index >= 15 is 0 Å². The Morgan fingerprint density at radius 2 is 1.81 bits per heavy atom. The average molecular weight is 368 g/mol. The number of hydrogen-bond acceptors (Lipinski definition) is 5. The maximum atomic E-state index is 12.9. The first kappa shape index (κ1) is 19.1. The summed E-state index contributed by atoms with van der Waals surface area (Å²) in [6, 6.07) is 16.4. The first-order valence-electron chi connectivity index (χ1n) is 9.09. The van der Waals surface area contributed by atoms with Crippen molar-refractivity contribution in [3.8, 4) is 5.75 Å². The van der Waals surface area contributed by atoms with Gasteiger partial charge in [-0.3, -0.25) is 9.59 Å². The molecule has 3 atom stereocenters. The van der Waals surface area contributed by atoms with Crippen LogP contribution >= 0.6 is 0 Å². The fourth-order valence-corrected chi connectivity index (χ4v) is 3.83.